The predicted molar refractivity (Wildman–Crippen MR) is 118 cm³/mol. The number of methoxy groups -OCH3 is 2. The molecule has 0 amide bonds. The first-order valence-corrected chi connectivity index (χ1v) is 9.44. The van der Waals surface area contributed by atoms with Crippen molar-refractivity contribution in [3.05, 3.63) is 0 Å². The van der Waals surface area contributed by atoms with Crippen LogP contribution in [-0.4, -0.2) is 103 Å². The minimum atomic E-state index is 0. The second kappa shape index (κ2) is 17.0. The first kappa shape index (κ1) is 25.8. The smallest absolute Gasteiger partial charge is 0.193 e. The number of halogens is 1. The molecule has 1 aliphatic heterocycles. The Kier molecular flexibility index (Phi) is 16.9. The van der Waals surface area contributed by atoms with Crippen molar-refractivity contribution < 1.29 is 14.2 Å². The van der Waals surface area contributed by atoms with Crippen LogP contribution in [0.3, 0.4) is 0 Å². The minimum Gasteiger partial charge on any atom is -0.385 e. The molecule has 26 heavy (non-hydrogen) atoms. The molecule has 8 heteroatoms. The number of likely N-dealkylation sites (N-methyl/N-ethyl adjacent to an activating group) is 1. The van der Waals surface area contributed by atoms with Gasteiger partial charge in [-0.25, -0.2) is 0 Å². The Morgan fingerprint density at radius 1 is 1.08 bits per heavy atom. The van der Waals surface area contributed by atoms with Gasteiger partial charge in [-0.3, -0.25) is 4.99 Å². The van der Waals surface area contributed by atoms with Crippen molar-refractivity contribution in [2.45, 2.75) is 31.8 Å². The maximum atomic E-state index is 5.92. The molecule has 1 fully saturated rings. The summed E-state index contributed by atoms with van der Waals surface area (Å²) in [5.41, 5.74) is 0. The number of nitrogens with one attached hydrogen (secondary N) is 1. The highest BCUT2D eigenvalue weighted by molar-refractivity contribution is 14.0. The van der Waals surface area contributed by atoms with Gasteiger partial charge >= 0.3 is 0 Å². The van der Waals surface area contributed by atoms with E-state index in [1.807, 2.05) is 7.05 Å². The zero-order valence-corrected chi connectivity index (χ0v) is 19.4. The van der Waals surface area contributed by atoms with Gasteiger partial charge in [0.2, 0.25) is 0 Å². The fraction of sp³-hybridized carbons (Fsp3) is 0.944. The SMILES string of the molecule is CN=C(NCCCN(C)CCOC)N1CCC(OCCCOC)CC1.I. The topological polar surface area (TPSA) is 58.6 Å². The molecule has 7 nitrogen and oxygen atoms in total. The molecule has 1 heterocycles. The van der Waals surface area contributed by atoms with Gasteiger partial charge in [-0.2, -0.15) is 0 Å². The molecule has 0 aliphatic carbocycles. The number of piperidine rings is 1. The molecular formula is C18H39IN4O3. The Labute approximate surface area is 176 Å². The number of hydrogen-bond donors (Lipinski definition) is 1. The number of likely N-dealkylation sites (tertiary alicyclic amines) is 1. The van der Waals surface area contributed by atoms with Crippen molar-refractivity contribution in [3.8, 4) is 0 Å². The summed E-state index contributed by atoms with van der Waals surface area (Å²) in [5.74, 6) is 1.01. The largest absolute Gasteiger partial charge is 0.385 e. The molecule has 1 N–H and O–H groups in total. The molecule has 0 aromatic heterocycles. The van der Waals surface area contributed by atoms with Crippen LogP contribution in [0.1, 0.15) is 25.7 Å². The summed E-state index contributed by atoms with van der Waals surface area (Å²) in [6.07, 6.45) is 4.57. The standard InChI is InChI=1S/C18H38N4O3.HI/c1-19-18(20-9-5-10-21(2)13-16-24-4)22-11-7-17(8-12-22)25-15-6-14-23-3;/h17H,5-16H2,1-4H3,(H,19,20);1H. The van der Waals surface area contributed by atoms with E-state index in [9.17, 15) is 0 Å². The number of hydrogen-bond acceptors (Lipinski definition) is 5. The van der Waals surface area contributed by atoms with E-state index < -0.39 is 0 Å². The number of guanidine groups is 1. The molecule has 0 aromatic carbocycles. The molecule has 0 bridgehead atoms. The van der Waals surface area contributed by atoms with Crippen molar-refractivity contribution in [3.63, 3.8) is 0 Å². The van der Waals surface area contributed by atoms with Crippen LogP contribution >= 0.6 is 24.0 Å². The molecule has 1 saturated heterocycles. The Hall–Kier alpha value is -0.160. The summed E-state index contributed by atoms with van der Waals surface area (Å²) in [7, 11) is 7.47. The van der Waals surface area contributed by atoms with E-state index in [-0.39, 0.29) is 24.0 Å². The van der Waals surface area contributed by atoms with Gasteiger partial charge in [-0.1, -0.05) is 0 Å². The molecule has 0 aromatic rings. The Morgan fingerprint density at radius 3 is 2.38 bits per heavy atom. The maximum Gasteiger partial charge on any atom is 0.193 e. The summed E-state index contributed by atoms with van der Waals surface area (Å²) >= 11 is 0. The fourth-order valence-electron chi connectivity index (χ4n) is 2.93. The molecule has 0 radical (unpaired) electrons. The predicted octanol–water partition coefficient (Wildman–Crippen LogP) is 1.67. The number of rotatable bonds is 12. The van der Waals surface area contributed by atoms with Gasteiger partial charge in [0.1, 0.15) is 0 Å². The van der Waals surface area contributed by atoms with E-state index in [2.05, 4.69) is 27.2 Å². The lowest BCUT2D eigenvalue weighted by Gasteiger charge is -2.34. The lowest BCUT2D eigenvalue weighted by Crippen LogP contribution is -2.47. The molecular weight excluding hydrogens is 447 g/mol. The van der Waals surface area contributed by atoms with Crippen LogP contribution in [0.5, 0.6) is 0 Å². The lowest BCUT2D eigenvalue weighted by molar-refractivity contribution is 0.00991. The zero-order chi connectivity index (χ0) is 18.3. The first-order valence-electron chi connectivity index (χ1n) is 9.44. The van der Waals surface area contributed by atoms with Crippen LogP contribution in [0.4, 0.5) is 0 Å². The normalized spacial score (nSPS) is 16.0. The van der Waals surface area contributed by atoms with E-state index in [1.165, 1.54) is 0 Å². The second-order valence-electron chi connectivity index (χ2n) is 6.53. The quantitative estimate of drug-likeness (QED) is 0.196. The lowest BCUT2D eigenvalue weighted by atomic mass is 10.1. The van der Waals surface area contributed by atoms with Gasteiger partial charge in [0.05, 0.1) is 12.7 Å². The van der Waals surface area contributed by atoms with Crippen LogP contribution < -0.4 is 5.32 Å². The van der Waals surface area contributed by atoms with Gasteiger partial charge in [-0.15, -0.1) is 24.0 Å². The van der Waals surface area contributed by atoms with E-state index in [4.69, 9.17) is 14.2 Å². The van der Waals surface area contributed by atoms with Crippen molar-refractivity contribution in [2.75, 3.05) is 80.9 Å². The fourth-order valence-corrected chi connectivity index (χ4v) is 2.93. The number of aliphatic imine (C=N–C) groups is 1. The average Bonchev–Trinajstić information content (AvgIpc) is 2.64. The van der Waals surface area contributed by atoms with Crippen LogP contribution in [-0.2, 0) is 14.2 Å². The Balaban J connectivity index is 0.00000625. The zero-order valence-electron chi connectivity index (χ0n) is 17.0. The molecule has 0 spiro atoms. The van der Waals surface area contributed by atoms with Gasteiger partial charge in [0, 0.05) is 60.7 Å². The van der Waals surface area contributed by atoms with Gasteiger partial charge in [-0.05, 0) is 39.3 Å². The van der Waals surface area contributed by atoms with Gasteiger partial charge < -0.3 is 29.3 Å². The minimum absolute atomic E-state index is 0. The molecule has 156 valence electrons. The Bertz CT molecular complexity index is 353. The number of nitrogens with zero attached hydrogens (tertiary/aromatic N) is 3. The summed E-state index contributed by atoms with van der Waals surface area (Å²) in [5, 5.41) is 3.49. The first-order chi connectivity index (χ1) is 12.2. The third-order valence-electron chi connectivity index (χ3n) is 4.48. The van der Waals surface area contributed by atoms with E-state index in [0.29, 0.717) is 6.10 Å². The average molecular weight is 486 g/mol. The highest BCUT2D eigenvalue weighted by Crippen LogP contribution is 2.14. The molecule has 1 aliphatic rings. The monoisotopic (exact) mass is 486 g/mol. The van der Waals surface area contributed by atoms with Gasteiger partial charge in [0.25, 0.3) is 0 Å². The third kappa shape index (κ3) is 11.5. The van der Waals surface area contributed by atoms with Crippen LogP contribution in [0.2, 0.25) is 0 Å². The van der Waals surface area contributed by atoms with E-state index in [0.717, 1.165) is 84.2 Å². The second-order valence-corrected chi connectivity index (χ2v) is 6.53. The summed E-state index contributed by atoms with van der Waals surface area (Å²) in [4.78, 5) is 9.06. The molecule has 0 atom stereocenters. The van der Waals surface area contributed by atoms with Crippen LogP contribution in [0, 0.1) is 0 Å². The Morgan fingerprint density at radius 2 is 1.77 bits per heavy atom. The van der Waals surface area contributed by atoms with Crippen molar-refractivity contribution in [2.24, 2.45) is 4.99 Å². The van der Waals surface area contributed by atoms with E-state index >= 15 is 0 Å². The van der Waals surface area contributed by atoms with E-state index in [1.54, 1.807) is 14.2 Å². The van der Waals surface area contributed by atoms with Crippen molar-refractivity contribution >= 4 is 29.9 Å². The maximum absolute atomic E-state index is 5.92. The van der Waals surface area contributed by atoms with Crippen LogP contribution in [0.25, 0.3) is 0 Å². The third-order valence-corrected chi connectivity index (χ3v) is 4.48. The molecule has 0 unspecified atom stereocenters. The highest BCUT2D eigenvalue weighted by atomic mass is 127. The molecule has 0 saturated carbocycles. The van der Waals surface area contributed by atoms with Crippen LogP contribution in [0.15, 0.2) is 4.99 Å². The highest BCUT2D eigenvalue weighted by Gasteiger charge is 2.21. The number of ether oxygens (including phenoxy) is 3. The van der Waals surface area contributed by atoms with Gasteiger partial charge in [0.15, 0.2) is 5.96 Å². The summed E-state index contributed by atoms with van der Waals surface area (Å²) < 4.78 is 16.1. The van der Waals surface area contributed by atoms with Crippen molar-refractivity contribution in [1.82, 2.24) is 15.1 Å². The van der Waals surface area contributed by atoms with Crippen molar-refractivity contribution in [1.29, 1.82) is 0 Å². The summed E-state index contributed by atoms with van der Waals surface area (Å²) in [6, 6.07) is 0. The molecule has 1 rings (SSSR count). The summed E-state index contributed by atoms with van der Waals surface area (Å²) in [6.45, 7) is 7.34.